The Labute approximate surface area is 128 Å². The van der Waals surface area contributed by atoms with E-state index in [4.69, 9.17) is 5.73 Å². The molecule has 0 saturated carbocycles. The maximum atomic E-state index is 6.27. The molecule has 1 saturated heterocycles. The van der Waals surface area contributed by atoms with Gasteiger partial charge < -0.3 is 10.6 Å². The number of anilines is 1. The van der Waals surface area contributed by atoms with Gasteiger partial charge in [0, 0.05) is 24.5 Å². The van der Waals surface area contributed by atoms with Crippen molar-refractivity contribution in [3.63, 3.8) is 0 Å². The van der Waals surface area contributed by atoms with Crippen molar-refractivity contribution in [2.45, 2.75) is 39.7 Å². The highest BCUT2D eigenvalue weighted by Gasteiger charge is 2.43. The van der Waals surface area contributed by atoms with Crippen molar-refractivity contribution in [3.05, 3.63) is 29.8 Å². The van der Waals surface area contributed by atoms with Gasteiger partial charge in [-0.1, -0.05) is 32.0 Å². The molecule has 1 heterocycles. The van der Waals surface area contributed by atoms with Crippen LogP contribution in [0.4, 0.5) is 5.69 Å². The molecule has 1 aromatic rings. The minimum absolute atomic E-state index is 0.0906. The third-order valence-electron chi connectivity index (χ3n) is 4.35. The van der Waals surface area contributed by atoms with Crippen molar-refractivity contribution in [2.24, 2.45) is 11.1 Å². The molecule has 0 aromatic heterocycles. The first-order chi connectivity index (χ1) is 9.44. The van der Waals surface area contributed by atoms with Gasteiger partial charge in [-0.2, -0.15) is 11.8 Å². The minimum Gasteiger partial charge on any atom is -0.364 e. The zero-order chi connectivity index (χ0) is 14.8. The molecule has 1 unspecified atom stereocenters. The predicted octanol–water partition coefficient (Wildman–Crippen LogP) is 3.68. The number of hydrogen-bond donors (Lipinski definition) is 1. The van der Waals surface area contributed by atoms with E-state index in [0.717, 1.165) is 18.8 Å². The third kappa shape index (κ3) is 2.99. The van der Waals surface area contributed by atoms with Crippen molar-refractivity contribution in [2.75, 3.05) is 29.5 Å². The summed E-state index contributed by atoms with van der Waals surface area (Å²) in [6, 6.07) is 8.68. The molecule has 2 rings (SSSR count). The SMILES string of the molecule is CCN(c1ccccc1C)C1(CN)CSCC(C)(C)C1. The van der Waals surface area contributed by atoms with Gasteiger partial charge in [-0.25, -0.2) is 0 Å². The summed E-state index contributed by atoms with van der Waals surface area (Å²) in [6.07, 6.45) is 1.17. The fourth-order valence-electron chi connectivity index (χ4n) is 3.55. The molecule has 0 aliphatic carbocycles. The van der Waals surface area contributed by atoms with Gasteiger partial charge >= 0.3 is 0 Å². The summed E-state index contributed by atoms with van der Waals surface area (Å²) in [5.41, 5.74) is 9.41. The Morgan fingerprint density at radius 3 is 2.50 bits per heavy atom. The largest absolute Gasteiger partial charge is 0.364 e. The van der Waals surface area contributed by atoms with Gasteiger partial charge in [0.25, 0.3) is 0 Å². The quantitative estimate of drug-likeness (QED) is 0.918. The van der Waals surface area contributed by atoms with Crippen LogP contribution < -0.4 is 10.6 Å². The van der Waals surface area contributed by atoms with Gasteiger partial charge in [-0.3, -0.25) is 0 Å². The summed E-state index contributed by atoms with van der Waals surface area (Å²) in [7, 11) is 0. The van der Waals surface area contributed by atoms with Crippen LogP contribution in [0.1, 0.15) is 32.8 Å². The lowest BCUT2D eigenvalue weighted by Gasteiger charge is -2.51. The lowest BCUT2D eigenvalue weighted by Crippen LogP contribution is -2.60. The van der Waals surface area contributed by atoms with E-state index in [0.29, 0.717) is 5.41 Å². The molecule has 1 atom stereocenters. The van der Waals surface area contributed by atoms with E-state index in [-0.39, 0.29) is 5.54 Å². The normalized spacial score (nSPS) is 25.4. The molecule has 2 nitrogen and oxygen atoms in total. The summed E-state index contributed by atoms with van der Waals surface area (Å²) in [5, 5.41) is 0. The summed E-state index contributed by atoms with van der Waals surface area (Å²) in [4.78, 5) is 2.55. The molecule has 0 amide bonds. The van der Waals surface area contributed by atoms with E-state index in [9.17, 15) is 0 Å². The Bertz CT molecular complexity index is 458. The van der Waals surface area contributed by atoms with Crippen LogP contribution >= 0.6 is 11.8 Å². The van der Waals surface area contributed by atoms with Crippen LogP contribution in [0.5, 0.6) is 0 Å². The second-order valence-corrected chi connectivity index (χ2v) is 7.78. The lowest BCUT2D eigenvalue weighted by molar-refractivity contribution is 0.260. The number of para-hydroxylation sites is 1. The van der Waals surface area contributed by atoms with E-state index in [1.165, 1.54) is 23.4 Å². The number of likely N-dealkylation sites (N-methyl/N-ethyl adjacent to an activating group) is 1. The molecule has 0 spiro atoms. The molecule has 3 heteroatoms. The molecule has 1 fully saturated rings. The fraction of sp³-hybridized carbons (Fsp3) is 0.647. The number of nitrogens with two attached hydrogens (primary N) is 1. The number of aryl methyl sites for hydroxylation is 1. The van der Waals surface area contributed by atoms with Crippen LogP contribution in [0.3, 0.4) is 0 Å². The maximum Gasteiger partial charge on any atom is 0.0619 e. The number of hydrogen-bond acceptors (Lipinski definition) is 3. The molecule has 0 bridgehead atoms. The first kappa shape index (κ1) is 15.7. The van der Waals surface area contributed by atoms with E-state index in [1.807, 2.05) is 0 Å². The van der Waals surface area contributed by atoms with E-state index < -0.39 is 0 Å². The molecular weight excluding hydrogens is 264 g/mol. The van der Waals surface area contributed by atoms with Crippen LogP contribution in [-0.4, -0.2) is 30.1 Å². The van der Waals surface area contributed by atoms with E-state index in [2.05, 4.69) is 68.6 Å². The Morgan fingerprint density at radius 1 is 1.25 bits per heavy atom. The zero-order valence-electron chi connectivity index (χ0n) is 13.3. The zero-order valence-corrected chi connectivity index (χ0v) is 14.1. The van der Waals surface area contributed by atoms with Crippen LogP contribution in [0.15, 0.2) is 24.3 Å². The second-order valence-electron chi connectivity index (χ2n) is 6.79. The first-order valence-corrected chi connectivity index (χ1v) is 8.71. The van der Waals surface area contributed by atoms with Crippen molar-refractivity contribution in [1.82, 2.24) is 0 Å². The number of nitrogens with zero attached hydrogens (tertiary/aromatic N) is 1. The molecule has 112 valence electrons. The Morgan fingerprint density at radius 2 is 1.95 bits per heavy atom. The summed E-state index contributed by atoms with van der Waals surface area (Å²) in [5.74, 6) is 2.37. The summed E-state index contributed by atoms with van der Waals surface area (Å²) >= 11 is 2.06. The molecule has 2 N–H and O–H groups in total. The summed E-state index contributed by atoms with van der Waals surface area (Å²) in [6.45, 7) is 10.9. The Kier molecular flexibility index (Phi) is 4.70. The number of rotatable bonds is 4. The maximum absolute atomic E-state index is 6.27. The molecular formula is C17H28N2S. The van der Waals surface area contributed by atoms with Crippen LogP contribution in [0.2, 0.25) is 0 Å². The molecule has 20 heavy (non-hydrogen) atoms. The highest BCUT2D eigenvalue weighted by atomic mass is 32.2. The van der Waals surface area contributed by atoms with Crippen LogP contribution in [-0.2, 0) is 0 Å². The standard InChI is InChI=1S/C17H28N2S/c1-5-19(15-9-7-6-8-14(15)2)17(11-18)10-16(3,4)12-20-13-17/h6-9H,5,10-13,18H2,1-4H3. The van der Waals surface area contributed by atoms with E-state index in [1.54, 1.807) is 0 Å². The Balaban J connectivity index is 2.40. The topological polar surface area (TPSA) is 29.3 Å². The predicted molar refractivity (Wildman–Crippen MR) is 91.7 cm³/mol. The van der Waals surface area contributed by atoms with Gasteiger partial charge in [0.2, 0.25) is 0 Å². The number of thioether (sulfide) groups is 1. The highest BCUT2D eigenvalue weighted by molar-refractivity contribution is 7.99. The van der Waals surface area contributed by atoms with Crippen molar-refractivity contribution in [3.8, 4) is 0 Å². The van der Waals surface area contributed by atoms with E-state index >= 15 is 0 Å². The molecule has 0 radical (unpaired) electrons. The Hall–Kier alpha value is -0.670. The van der Waals surface area contributed by atoms with Crippen molar-refractivity contribution in [1.29, 1.82) is 0 Å². The molecule has 1 aliphatic heterocycles. The van der Waals surface area contributed by atoms with Crippen molar-refractivity contribution < 1.29 is 0 Å². The second kappa shape index (κ2) is 5.98. The first-order valence-electron chi connectivity index (χ1n) is 7.55. The number of benzene rings is 1. The minimum atomic E-state index is 0.0906. The smallest absolute Gasteiger partial charge is 0.0619 e. The third-order valence-corrected chi connectivity index (χ3v) is 6.07. The highest BCUT2D eigenvalue weighted by Crippen LogP contribution is 2.43. The van der Waals surface area contributed by atoms with Gasteiger partial charge in [0.15, 0.2) is 0 Å². The van der Waals surface area contributed by atoms with Crippen LogP contribution in [0.25, 0.3) is 0 Å². The molecule has 1 aliphatic rings. The molecule has 1 aromatic carbocycles. The van der Waals surface area contributed by atoms with Crippen LogP contribution in [0, 0.1) is 12.3 Å². The lowest BCUT2D eigenvalue weighted by atomic mass is 9.78. The van der Waals surface area contributed by atoms with Gasteiger partial charge in [-0.15, -0.1) is 0 Å². The van der Waals surface area contributed by atoms with Gasteiger partial charge in [-0.05, 0) is 43.1 Å². The average Bonchev–Trinajstić information content (AvgIpc) is 2.40. The van der Waals surface area contributed by atoms with Gasteiger partial charge in [0.05, 0.1) is 5.54 Å². The monoisotopic (exact) mass is 292 g/mol. The summed E-state index contributed by atoms with van der Waals surface area (Å²) < 4.78 is 0. The fourth-order valence-corrected chi connectivity index (χ4v) is 5.06. The average molecular weight is 292 g/mol. The van der Waals surface area contributed by atoms with Gasteiger partial charge in [0.1, 0.15) is 0 Å². The van der Waals surface area contributed by atoms with Crippen molar-refractivity contribution >= 4 is 17.4 Å².